The molecule has 1 aromatic heterocycles. The van der Waals surface area contributed by atoms with Gasteiger partial charge in [-0.2, -0.15) is 0 Å². The summed E-state index contributed by atoms with van der Waals surface area (Å²) in [5.74, 6) is 1.10. The molecule has 1 aromatic carbocycles. The molecule has 98 valence electrons. The van der Waals surface area contributed by atoms with Gasteiger partial charge in [0.05, 0.1) is 24.3 Å². The molecule has 0 saturated heterocycles. The van der Waals surface area contributed by atoms with Gasteiger partial charge in [-0.05, 0) is 23.6 Å². The van der Waals surface area contributed by atoms with E-state index in [2.05, 4.69) is 20.0 Å². The van der Waals surface area contributed by atoms with E-state index in [-0.39, 0.29) is 6.61 Å². The zero-order valence-electron chi connectivity index (χ0n) is 10.9. The summed E-state index contributed by atoms with van der Waals surface area (Å²) < 4.78 is 7.30. The summed E-state index contributed by atoms with van der Waals surface area (Å²) in [5.41, 5.74) is 2.28. The number of rotatable bonds is 4. The third-order valence-corrected chi connectivity index (χ3v) is 3.44. The molecule has 0 aliphatic heterocycles. The number of nitrogens with zero attached hydrogens (tertiary/aromatic N) is 1. The molecule has 0 saturated carbocycles. The summed E-state index contributed by atoms with van der Waals surface area (Å²) in [6, 6.07) is 3.87. The van der Waals surface area contributed by atoms with Crippen LogP contribution < -0.4 is 4.74 Å². The molecular formula is C14H18ClNO2. The molecule has 2 rings (SSSR count). The van der Waals surface area contributed by atoms with Crippen LogP contribution in [0.15, 0.2) is 18.3 Å². The lowest BCUT2D eigenvalue weighted by molar-refractivity contribution is 0.278. The smallest absolute Gasteiger partial charge is 0.138 e. The molecule has 0 aliphatic carbocycles. The average Bonchev–Trinajstić information content (AvgIpc) is 2.67. The first kappa shape index (κ1) is 13.2. The number of methoxy groups -OCH3 is 1. The van der Waals surface area contributed by atoms with Crippen LogP contribution in [0.1, 0.15) is 25.3 Å². The van der Waals surface area contributed by atoms with Crippen molar-refractivity contribution in [3.05, 3.63) is 28.9 Å². The van der Waals surface area contributed by atoms with E-state index >= 15 is 0 Å². The van der Waals surface area contributed by atoms with Crippen molar-refractivity contribution in [2.45, 2.75) is 26.3 Å². The highest BCUT2D eigenvalue weighted by atomic mass is 35.5. The Balaban J connectivity index is 2.70. The van der Waals surface area contributed by atoms with E-state index in [0.717, 1.165) is 10.9 Å². The number of aliphatic hydroxyl groups is 1. The second-order valence-electron chi connectivity index (χ2n) is 4.66. The predicted octanol–water partition coefficient (Wildman–Crippen LogP) is 3.42. The molecule has 18 heavy (non-hydrogen) atoms. The maximum absolute atomic E-state index is 9.12. The van der Waals surface area contributed by atoms with Crippen molar-refractivity contribution in [2.24, 2.45) is 0 Å². The van der Waals surface area contributed by atoms with E-state index in [1.807, 2.05) is 16.7 Å². The summed E-state index contributed by atoms with van der Waals surface area (Å²) in [4.78, 5) is 0. The molecule has 4 heteroatoms. The minimum atomic E-state index is 0.116. The van der Waals surface area contributed by atoms with Crippen LogP contribution in [-0.2, 0) is 6.54 Å². The molecule has 1 heterocycles. The van der Waals surface area contributed by atoms with E-state index in [1.54, 1.807) is 7.11 Å². The van der Waals surface area contributed by atoms with Crippen LogP contribution in [-0.4, -0.2) is 23.4 Å². The van der Waals surface area contributed by atoms with Gasteiger partial charge in [-0.1, -0.05) is 25.4 Å². The van der Waals surface area contributed by atoms with Crippen molar-refractivity contribution >= 4 is 22.5 Å². The molecular weight excluding hydrogens is 250 g/mol. The van der Waals surface area contributed by atoms with Gasteiger partial charge in [0.1, 0.15) is 5.75 Å². The lowest BCUT2D eigenvalue weighted by Gasteiger charge is -2.07. The lowest BCUT2D eigenvalue weighted by Crippen LogP contribution is -2.00. The summed E-state index contributed by atoms with van der Waals surface area (Å²) in [7, 11) is 1.62. The molecule has 1 N–H and O–H groups in total. The van der Waals surface area contributed by atoms with E-state index in [1.165, 1.54) is 5.56 Å². The standard InChI is InChI=1S/C14H18ClNO2/c1-9(2)11-8-16(4-5-17)13-7-12(15)14(18-3)6-10(11)13/h6-9,17H,4-5H2,1-3H3. The molecule has 0 spiro atoms. The Bertz CT molecular complexity index is 560. The Morgan fingerprint density at radius 3 is 2.67 bits per heavy atom. The van der Waals surface area contributed by atoms with Crippen LogP contribution in [0.5, 0.6) is 5.75 Å². The fourth-order valence-corrected chi connectivity index (χ4v) is 2.46. The zero-order chi connectivity index (χ0) is 13.3. The largest absolute Gasteiger partial charge is 0.495 e. The minimum absolute atomic E-state index is 0.116. The van der Waals surface area contributed by atoms with E-state index in [9.17, 15) is 0 Å². The number of hydrogen-bond acceptors (Lipinski definition) is 2. The fraction of sp³-hybridized carbons (Fsp3) is 0.429. The van der Waals surface area contributed by atoms with Gasteiger partial charge in [-0.15, -0.1) is 0 Å². The van der Waals surface area contributed by atoms with Gasteiger partial charge in [-0.25, -0.2) is 0 Å². The van der Waals surface area contributed by atoms with Gasteiger partial charge in [-0.3, -0.25) is 0 Å². The first-order chi connectivity index (χ1) is 8.58. The van der Waals surface area contributed by atoms with Crippen LogP contribution in [0.25, 0.3) is 10.9 Å². The van der Waals surface area contributed by atoms with E-state index < -0.39 is 0 Å². The molecule has 0 atom stereocenters. The first-order valence-corrected chi connectivity index (χ1v) is 6.43. The second kappa shape index (κ2) is 5.21. The SMILES string of the molecule is COc1cc2c(C(C)C)cn(CCO)c2cc1Cl. The molecule has 0 fully saturated rings. The minimum Gasteiger partial charge on any atom is -0.495 e. The van der Waals surface area contributed by atoms with Crippen molar-refractivity contribution in [1.82, 2.24) is 4.57 Å². The molecule has 2 aromatic rings. The lowest BCUT2D eigenvalue weighted by atomic mass is 10.0. The van der Waals surface area contributed by atoms with Crippen molar-refractivity contribution in [3.63, 3.8) is 0 Å². The fourth-order valence-electron chi connectivity index (χ4n) is 2.23. The Hall–Kier alpha value is -1.19. The summed E-state index contributed by atoms with van der Waals surface area (Å²) in [5, 5.41) is 10.9. The van der Waals surface area contributed by atoms with Crippen molar-refractivity contribution in [3.8, 4) is 5.75 Å². The Kier molecular flexibility index (Phi) is 3.83. The average molecular weight is 268 g/mol. The third-order valence-electron chi connectivity index (χ3n) is 3.15. The van der Waals surface area contributed by atoms with E-state index in [4.69, 9.17) is 21.4 Å². The maximum Gasteiger partial charge on any atom is 0.138 e. The topological polar surface area (TPSA) is 34.4 Å². The maximum atomic E-state index is 9.12. The van der Waals surface area contributed by atoms with Crippen LogP contribution in [0.2, 0.25) is 5.02 Å². The molecule has 0 unspecified atom stereocenters. The second-order valence-corrected chi connectivity index (χ2v) is 5.07. The number of ether oxygens (including phenoxy) is 1. The van der Waals surface area contributed by atoms with Gasteiger partial charge < -0.3 is 14.4 Å². The number of aromatic nitrogens is 1. The molecule has 0 radical (unpaired) electrons. The van der Waals surface area contributed by atoms with Gasteiger partial charge in [0.2, 0.25) is 0 Å². The highest BCUT2D eigenvalue weighted by Crippen LogP contribution is 2.35. The normalized spacial score (nSPS) is 11.4. The van der Waals surface area contributed by atoms with Gasteiger partial charge >= 0.3 is 0 Å². The zero-order valence-corrected chi connectivity index (χ0v) is 11.7. The molecule has 3 nitrogen and oxygen atoms in total. The Morgan fingerprint density at radius 1 is 1.39 bits per heavy atom. The van der Waals surface area contributed by atoms with Crippen molar-refractivity contribution < 1.29 is 9.84 Å². The number of benzene rings is 1. The van der Waals surface area contributed by atoms with Crippen LogP contribution in [0, 0.1) is 0 Å². The summed E-state index contributed by atoms with van der Waals surface area (Å²) >= 11 is 6.16. The first-order valence-electron chi connectivity index (χ1n) is 6.05. The summed E-state index contributed by atoms with van der Waals surface area (Å²) in [6.07, 6.45) is 2.08. The van der Waals surface area contributed by atoms with Crippen LogP contribution in [0.3, 0.4) is 0 Å². The number of halogens is 1. The van der Waals surface area contributed by atoms with Crippen LogP contribution >= 0.6 is 11.6 Å². The molecule has 0 amide bonds. The summed E-state index contributed by atoms with van der Waals surface area (Å²) in [6.45, 7) is 5.00. The van der Waals surface area contributed by atoms with Gasteiger partial charge in [0.25, 0.3) is 0 Å². The number of hydrogen-bond donors (Lipinski definition) is 1. The van der Waals surface area contributed by atoms with Crippen molar-refractivity contribution in [2.75, 3.05) is 13.7 Å². The van der Waals surface area contributed by atoms with Gasteiger partial charge in [0.15, 0.2) is 0 Å². The quantitative estimate of drug-likeness (QED) is 0.921. The third kappa shape index (κ3) is 2.20. The van der Waals surface area contributed by atoms with E-state index in [0.29, 0.717) is 23.2 Å². The number of aliphatic hydroxyl groups excluding tert-OH is 1. The Labute approximate surface area is 112 Å². The monoisotopic (exact) mass is 267 g/mol. The predicted molar refractivity (Wildman–Crippen MR) is 74.7 cm³/mol. The molecule has 0 bridgehead atoms. The Morgan fingerprint density at radius 2 is 2.11 bits per heavy atom. The molecule has 0 aliphatic rings. The van der Waals surface area contributed by atoms with Crippen LogP contribution in [0.4, 0.5) is 0 Å². The van der Waals surface area contributed by atoms with Gasteiger partial charge in [0, 0.05) is 18.1 Å². The highest BCUT2D eigenvalue weighted by molar-refractivity contribution is 6.32. The highest BCUT2D eigenvalue weighted by Gasteiger charge is 2.14. The van der Waals surface area contributed by atoms with Crippen molar-refractivity contribution in [1.29, 1.82) is 0 Å². The number of fused-ring (bicyclic) bond motifs is 1.